The van der Waals surface area contributed by atoms with Crippen molar-refractivity contribution in [2.45, 2.75) is 18.6 Å². The molecule has 62 valence electrons. The summed E-state index contributed by atoms with van der Waals surface area (Å²) < 4.78 is 0. The van der Waals surface area contributed by atoms with Gasteiger partial charge in [0.1, 0.15) is 6.10 Å². The number of likely N-dealkylation sites (N-methyl/N-ethyl adjacent to an activating group) is 1. The topological polar surface area (TPSA) is 57.6 Å². The Labute approximate surface area is 64.8 Å². The molecule has 1 aliphatic carbocycles. The zero-order valence-electron chi connectivity index (χ0n) is 6.57. The lowest BCUT2D eigenvalue weighted by Gasteiger charge is -2.15. The monoisotopic (exact) mass is 157 g/mol. The molecule has 4 heteroatoms. The lowest BCUT2D eigenvalue weighted by atomic mass is 10.2. The van der Waals surface area contributed by atoms with E-state index in [4.69, 9.17) is 5.11 Å². The Morgan fingerprint density at radius 1 is 1.36 bits per heavy atom. The highest BCUT2D eigenvalue weighted by Gasteiger charge is 2.40. The Morgan fingerprint density at radius 2 is 1.91 bits per heavy atom. The SMILES string of the molecule is CN(C)C1CC(O)C(=O)C1=O. The first kappa shape index (κ1) is 8.36. The van der Waals surface area contributed by atoms with Gasteiger partial charge in [-0.25, -0.2) is 0 Å². The zero-order chi connectivity index (χ0) is 8.59. The van der Waals surface area contributed by atoms with Crippen molar-refractivity contribution in [1.82, 2.24) is 4.90 Å². The van der Waals surface area contributed by atoms with Crippen molar-refractivity contribution < 1.29 is 14.7 Å². The van der Waals surface area contributed by atoms with Crippen LogP contribution in [0.3, 0.4) is 0 Å². The second-order valence-electron chi connectivity index (χ2n) is 2.96. The molecule has 1 N–H and O–H groups in total. The lowest BCUT2D eigenvalue weighted by Crippen LogP contribution is -2.33. The van der Waals surface area contributed by atoms with Gasteiger partial charge in [-0.2, -0.15) is 0 Å². The second-order valence-corrected chi connectivity index (χ2v) is 2.96. The maximum atomic E-state index is 11.0. The third kappa shape index (κ3) is 1.32. The summed E-state index contributed by atoms with van der Waals surface area (Å²) in [5.74, 6) is -1.12. The van der Waals surface area contributed by atoms with Crippen molar-refractivity contribution >= 4 is 11.6 Å². The van der Waals surface area contributed by atoms with Gasteiger partial charge in [-0.1, -0.05) is 0 Å². The van der Waals surface area contributed by atoms with E-state index in [2.05, 4.69) is 0 Å². The van der Waals surface area contributed by atoms with Crippen molar-refractivity contribution in [3.63, 3.8) is 0 Å². The number of hydrogen-bond donors (Lipinski definition) is 1. The van der Waals surface area contributed by atoms with Crippen molar-refractivity contribution in [3.05, 3.63) is 0 Å². The predicted molar refractivity (Wildman–Crippen MR) is 38.1 cm³/mol. The Bertz CT molecular complexity index is 200. The first-order valence-corrected chi connectivity index (χ1v) is 3.46. The van der Waals surface area contributed by atoms with Gasteiger partial charge < -0.3 is 5.11 Å². The highest BCUT2D eigenvalue weighted by Crippen LogP contribution is 2.15. The summed E-state index contributed by atoms with van der Waals surface area (Å²) in [6.07, 6.45) is -0.833. The van der Waals surface area contributed by atoms with Gasteiger partial charge in [0, 0.05) is 6.42 Å². The number of ketones is 2. The van der Waals surface area contributed by atoms with Crippen LogP contribution in [0.25, 0.3) is 0 Å². The van der Waals surface area contributed by atoms with E-state index < -0.39 is 23.7 Å². The van der Waals surface area contributed by atoms with Gasteiger partial charge >= 0.3 is 0 Å². The highest BCUT2D eigenvalue weighted by atomic mass is 16.3. The molecule has 0 radical (unpaired) electrons. The molecule has 0 aromatic carbocycles. The van der Waals surface area contributed by atoms with Crippen LogP contribution in [0.5, 0.6) is 0 Å². The molecule has 0 aromatic heterocycles. The van der Waals surface area contributed by atoms with Gasteiger partial charge in [0.2, 0.25) is 11.6 Å². The normalized spacial score (nSPS) is 32.0. The molecule has 1 fully saturated rings. The van der Waals surface area contributed by atoms with Gasteiger partial charge in [-0.15, -0.1) is 0 Å². The van der Waals surface area contributed by atoms with Gasteiger partial charge in [-0.3, -0.25) is 14.5 Å². The average Bonchev–Trinajstić information content (AvgIpc) is 2.17. The minimum Gasteiger partial charge on any atom is -0.385 e. The summed E-state index contributed by atoms with van der Waals surface area (Å²) in [5.41, 5.74) is 0. The molecule has 0 heterocycles. The Hall–Kier alpha value is -0.740. The predicted octanol–water partition coefficient (Wildman–Crippen LogP) is -1.18. The first-order valence-electron chi connectivity index (χ1n) is 3.46. The van der Waals surface area contributed by atoms with E-state index in [-0.39, 0.29) is 6.42 Å². The summed E-state index contributed by atoms with van der Waals surface area (Å²) in [6, 6.07) is -0.419. The molecule has 0 spiro atoms. The molecule has 2 unspecified atom stereocenters. The van der Waals surface area contributed by atoms with E-state index in [0.717, 1.165) is 0 Å². The van der Waals surface area contributed by atoms with E-state index in [1.165, 1.54) is 0 Å². The molecule has 4 nitrogen and oxygen atoms in total. The molecular weight excluding hydrogens is 146 g/mol. The summed E-state index contributed by atoms with van der Waals surface area (Å²) in [6.45, 7) is 0. The van der Waals surface area contributed by atoms with E-state index in [1.54, 1.807) is 19.0 Å². The highest BCUT2D eigenvalue weighted by molar-refractivity contribution is 6.42. The fourth-order valence-electron chi connectivity index (χ4n) is 1.20. The van der Waals surface area contributed by atoms with Crippen LogP contribution in [0, 0.1) is 0 Å². The summed E-state index contributed by atoms with van der Waals surface area (Å²) >= 11 is 0. The molecule has 0 saturated heterocycles. The molecular formula is C7H11NO3. The number of rotatable bonds is 1. The summed E-state index contributed by atoms with van der Waals surface area (Å²) in [5, 5.41) is 8.99. The van der Waals surface area contributed by atoms with Crippen LogP contribution in [-0.2, 0) is 9.59 Å². The zero-order valence-corrected chi connectivity index (χ0v) is 6.57. The summed E-state index contributed by atoms with van der Waals surface area (Å²) in [7, 11) is 3.43. The smallest absolute Gasteiger partial charge is 0.228 e. The molecule has 0 aromatic rings. The third-order valence-corrected chi connectivity index (χ3v) is 1.92. The number of aliphatic hydroxyl groups excluding tert-OH is 1. The van der Waals surface area contributed by atoms with Crippen molar-refractivity contribution in [2.75, 3.05) is 14.1 Å². The van der Waals surface area contributed by atoms with Crippen LogP contribution in [0.15, 0.2) is 0 Å². The van der Waals surface area contributed by atoms with Crippen LogP contribution in [0.4, 0.5) is 0 Å². The minimum atomic E-state index is -1.07. The van der Waals surface area contributed by atoms with Crippen LogP contribution >= 0.6 is 0 Å². The molecule has 2 atom stereocenters. The number of nitrogens with zero attached hydrogens (tertiary/aromatic N) is 1. The van der Waals surface area contributed by atoms with Crippen molar-refractivity contribution in [3.8, 4) is 0 Å². The minimum absolute atomic E-state index is 0.241. The largest absolute Gasteiger partial charge is 0.385 e. The Balaban J connectivity index is 2.75. The maximum Gasteiger partial charge on any atom is 0.228 e. The standard InChI is InChI=1S/C7H11NO3/c1-8(2)4-3-5(9)7(11)6(4)10/h4-5,9H,3H2,1-2H3. The van der Waals surface area contributed by atoms with Gasteiger partial charge in [0.15, 0.2) is 0 Å². The van der Waals surface area contributed by atoms with E-state index in [9.17, 15) is 9.59 Å². The van der Waals surface area contributed by atoms with E-state index in [0.29, 0.717) is 0 Å². The second kappa shape index (κ2) is 2.71. The quantitative estimate of drug-likeness (QED) is 0.487. The molecule has 11 heavy (non-hydrogen) atoms. The van der Waals surface area contributed by atoms with Gasteiger partial charge in [0.25, 0.3) is 0 Å². The average molecular weight is 157 g/mol. The fourth-order valence-corrected chi connectivity index (χ4v) is 1.20. The first-order chi connectivity index (χ1) is 5.04. The van der Waals surface area contributed by atoms with Gasteiger partial charge in [0.05, 0.1) is 6.04 Å². The van der Waals surface area contributed by atoms with Crippen molar-refractivity contribution in [1.29, 1.82) is 0 Å². The van der Waals surface area contributed by atoms with Crippen LogP contribution in [-0.4, -0.2) is 47.8 Å². The third-order valence-electron chi connectivity index (χ3n) is 1.92. The van der Waals surface area contributed by atoms with E-state index in [1.807, 2.05) is 0 Å². The number of carbonyl (C=O) groups excluding carboxylic acids is 2. The van der Waals surface area contributed by atoms with Gasteiger partial charge in [-0.05, 0) is 14.1 Å². The molecule has 0 bridgehead atoms. The summed E-state index contributed by atoms with van der Waals surface area (Å²) in [4.78, 5) is 23.4. The molecule has 0 aliphatic heterocycles. The molecule has 0 amide bonds. The fraction of sp³-hybridized carbons (Fsp3) is 0.714. The maximum absolute atomic E-state index is 11.0. The van der Waals surface area contributed by atoms with Crippen LogP contribution in [0.1, 0.15) is 6.42 Å². The number of carbonyl (C=O) groups is 2. The van der Waals surface area contributed by atoms with Crippen molar-refractivity contribution in [2.24, 2.45) is 0 Å². The van der Waals surface area contributed by atoms with Crippen LogP contribution in [0.2, 0.25) is 0 Å². The van der Waals surface area contributed by atoms with Crippen LogP contribution < -0.4 is 0 Å². The Kier molecular flexibility index (Phi) is 2.06. The molecule has 1 saturated carbocycles. The number of aliphatic hydroxyl groups is 1. The Morgan fingerprint density at radius 3 is 2.09 bits per heavy atom. The molecule has 1 rings (SSSR count). The number of Topliss-reactive ketones (excluding diaryl/α,β-unsaturated/α-hetero) is 2. The molecule has 1 aliphatic rings. The van der Waals surface area contributed by atoms with E-state index >= 15 is 0 Å². The lowest BCUT2D eigenvalue weighted by molar-refractivity contribution is -0.138. The number of hydrogen-bond acceptors (Lipinski definition) is 4.